The molecule has 0 saturated heterocycles. The van der Waals surface area contributed by atoms with Gasteiger partial charge in [-0.1, -0.05) is 6.07 Å². The van der Waals surface area contributed by atoms with E-state index in [1.807, 2.05) is 6.20 Å². The minimum atomic E-state index is 0.409. The van der Waals surface area contributed by atoms with Crippen molar-refractivity contribution in [2.45, 2.75) is 27.3 Å². The van der Waals surface area contributed by atoms with Gasteiger partial charge in [-0.15, -0.1) is 0 Å². The van der Waals surface area contributed by atoms with Gasteiger partial charge in [-0.25, -0.2) is 4.98 Å². The van der Waals surface area contributed by atoms with Crippen molar-refractivity contribution in [1.82, 2.24) is 9.97 Å². The zero-order chi connectivity index (χ0) is 13.3. The number of aromatic amines is 1. The molecule has 0 saturated carbocycles. The van der Waals surface area contributed by atoms with Crippen LogP contribution >= 0.6 is 0 Å². The van der Waals surface area contributed by atoms with Crippen LogP contribution in [-0.4, -0.2) is 17.1 Å². The van der Waals surface area contributed by atoms with E-state index in [4.69, 9.17) is 10.5 Å². The average molecular weight is 245 g/mol. The minimum Gasteiger partial charge on any atom is -0.496 e. The Morgan fingerprint density at radius 1 is 1.28 bits per heavy atom. The van der Waals surface area contributed by atoms with Crippen LogP contribution in [-0.2, 0) is 6.54 Å². The summed E-state index contributed by atoms with van der Waals surface area (Å²) in [6.07, 6.45) is 1.81. The Morgan fingerprint density at radius 2 is 2.00 bits per heavy atom. The molecule has 0 unspecified atom stereocenters. The molecule has 4 nitrogen and oxygen atoms in total. The van der Waals surface area contributed by atoms with Crippen LogP contribution in [0.3, 0.4) is 0 Å². The van der Waals surface area contributed by atoms with Crippen molar-refractivity contribution in [3.8, 4) is 17.0 Å². The Labute approximate surface area is 107 Å². The number of H-pyrrole nitrogens is 1. The molecule has 0 atom stereocenters. The van der Waals surface area contributed by atoms with Gasteiger partial charge in [-0.05, 0) is 37.5 Å². The topological polar surface area (TPSA) is 63.9 Å². The van der Waals surface area contributed by atoms with Crippen LogP contribution in [0.4, 0.5) is 0 Å². The molecule has 1 aromatic carbocycles. The van der Waals surface area contributed by atoms with Gasteiger partial charge in [0.25, 0.3) is 0 Å². The number of benzene rings is 1. The molecule has 96 valence electrons. The molecule has 18 heavy (non-hydrogen) atoms. The lowest BCUT2D eigenvalue weighted by molar-refractivity contribution is 0.412. The number of imidazole rings is 1. The van der Waals surface area contributed by atoms with E-state index in [0.717, 1.165) is 28.4 Å². The summed E-state index contributed by atoms with van der Waals surface area (Å²) >= 11 is 0. The second-order valence-corrected chi connectivity index (χ2v) is 4.49. The number of nitrogens with one attached hydrogen (secondary N) is 1. The molecule has 2 aromatic rings. The first-order chi connectivity index (χ1) is 8.58. The van der Waals surface area contributed by atoms with Gasteiger partial charge in [-0.3, -0.25) is 0 Å². The number of aromatic nitrogens is 2. The SMILES string of the molecule is COc1c(C)c(C)cc(C)c1-c1cnc(CN)[nH]1. The lowest BCUT2D eigenvalue weighted by atomic mass is 9.97. The van der Waals surface area contributed by atoms with Crippen molar-refractivity contribution in [1.29, 1.82) is 0 Å². The molecule has 4 heteroatoms. The highest BCUT2D eigenvalue weighted by Crippen LogP contribution is 2.36. The van der Waals surface area contributed by atoms with Crippen LogP contribution in [0.15, 0.2) is 12.3 Å². The predicted octanol–water partition coefficient (Wildman–Crippen LogP) is 2.47. The molecule has 0 radical (unpaired) electrons. The van der Waals surface area contributed by atoms with E-state index in [1.165, 1.54) is 11.1 Å². The summed E-state index contributed by atoms with van der Waals surface area (Å²) < 4.78 is 5.56. The number of hydrogen-bond donors (Lipinski definition) is 2. The molecule has 0 fully saturated rings. The van der Waals surface area contributed by atoms with E-state index < -0.39 is 0 Å². The second kappa shape index (κ2) is 4.82. The van der Waals surface area contributed by atoms with E-state index in [1.54, 1.807) is 7.11 Å². The smallest absolute Gasteiger partial charge is 0.131 e. The second-order valence-electron chi connectivity index (χ2n) is 4.49. The van der Waals surface area contributed by atoms with Gasteiger partial charge < -0.3 is 15.5 Å². The monoisotopic (exact) mass is 245 g/mol. The third kappa shape index (κ3) is 1.99. The van der Waals surface area contributed by atoms with Crippen LogP contribution in [0.5, 0.6) is 5.75 Å². The molecule has 0 aliphatic carbocycles. The molecule has 0 amide bonds. The first-order valence-corrected chi connectivity index (χ1v) is 5.97. The van der Waals surface area contributed by atoms with E-state index >= 15 is 0 Å². The molecular weight excluding hydrogens is 226 g/mol. The molecule has 3 N–H and O–H groups in total. The van der Waals surface area contributed by atoms with E-state index in [-0.39, 0.29) is 0 Å². The Balaban J connectivity index is 2.66. The molecule has 1 aromatic heterocycles. The van der Waals surface area contributed by atoms with Gasteiger partial charge in [-0.2, -0.15) is 0 Å². The maximum atomic E-state index is 5.58. The van der Waals surface area contributed by atoms with Crippen LogP contribution in [0.2, 0.25) is 0 Å². The third-order valence-electron chi connectivity index (χ3n) is 3.28. The summed E-state index contributed by atoms with van der Waals surface area (Å²) in [5, 5.41) is 0. The van der Waals surface area contributed by atoms with E-state index in [0.29, 0.717) is 6.54 Å². The van der Waals surface area contributed by atoms with E-state index in [9.17, 15) is 0 Å². The highest BCUT2D eigenvalue weighted by molar-refractivity contribution is 5.73. The Bertz CT molecular complexity index is 573. The number of hydrogen-bond acceptors (Lipinski definition) is 3. The summed E-state index contributed by atoms with van der Waals surface area (Å²) in [6.45, 7) is 6.64. The lowest BCUT2D eigenvalue weighted by Crippen LogP contribution is -1.99. The summed E-state index contributed by atoms with van der Waals surface area (Å²) in [5.74, 6) is 1.68. The highest BCUT2D eigenvalue weighted by atomic mass is 16.5. The first kappa shape index (κ1) is 12.6. The molecule has 0 spiro atoms. The van der Waals surface area contributed by atoms with Crippen molar-refractivity contribution in [3.05, 3.63) is 34.8 Å². The van der Waals surface area contributed by atoms with Gasteiger partial charge in [0.1, 0.15) is 11.6 Å². The number of nitrogens with zero attached hydrogens (tertiary/aromatic N) is 1. The summed E-state index contributed by atoms with van der Waals surface area (Å²) in [6, 6.07) is 2.16. The maximum absolute atomic E-state index is 5.58. The fourth-order valence-corrected chi connectivity index (χ4v) is 2.23. The number of aryl methyl sites for hydroxylation is 2. The van der Waals surface area contributed by atoms with Gasteiger partial charge in [0, 0.05) is 5.56 Å². The van der Waals surface area contributed by atoms with Crippen molar-refractivity contribution in [3.63, 3.8) is 0 Å². The van der Waals surface area contributed by atoms with Crippen molar-refractivity contribution >= 4 is 0 Å². The van der Waals surface area contributed by atoms with E-state index in [2.05, 4.69) is 36.8 Å². The van der Waals surface area contributed by atoms with Crippen molar-refractivity contribution in [2.75, 3.05) is 7.11 Å². The maximum Gasteiger partial charge on any atom is 0.131 e. The van der Waals surface area contributed by atoms with Gasteiger partial charge >= 0.3 is 0 Å². The number of methoxy groups -OCH3 is 1. The van der Waals surface area contributed by atoms with Crippen molar-refractivity contribution in [2.24, 2.45) is 5.73 Å². The largest absolute Gasteiger partial charge is 0.496 e. The predicted molar refractivity (Wildman–Crippen MR) is 72.7 cm³/mol. The molecule has 0 aliphatic heterocycles. The number of nitrogens with two attached hydrogens (primary N) is 1. The summed E-state index contributed by atoms with van der Waals surface area (Å²) in [4.78, 5) is 7.47. The fraction of sp³-hybridized carbons (Fsp3) is 0.357. The molecule has 0 aliphatic rings. The quantitative estimate of drug-likeness (QED) is 0.873. The van der Waals surface area contributed by atoms with Crippen LogP contribution in [0, 0.1) is 20.8 Å². The van der Waals surface area contributed by atoms with Crippen LogP contribution in [0.25, 0.3) is 11.3 Å². The fourth-order valence-electron chi connectivity index (χ4n) is 2.23. The Hall–Kier alpha value is -1.81. The van der Waals surface area contributed by atoms with Crippen molar-refractivity contribution < 1.29 is 4.74 Å². The number of ether oxygens (including phenoxy) is 1. The number of rotatable bonds is 3. The average Bonchev–Trinajstić information content (AvgIpc) is 2.81. The third-order valence-corrected chi connectivity index (χ3v) is 3.28. The Kier molecular flexibility index (Phi) is 3.39. The van der Waals surface area contributed by atoms with Gasteiger partial charge in [0.05, 0.1) is 25.5 Å². The zero-order valence-corrected chi connectivity index (χ0v) is 11.3. The normalized spacial score (nSPS) is 10.7. The van der Waals surface area contributed by atoms with Gasteiger partial charge in [0.2, 0.25) is 0 Å². The first-order valence-electron chi connectivity index (χ1n) is 5.97. The Morgan fingerprint density at radius 3 is 2.56 bits per heavy atom. The zero-order valence-electron chi connectivity index (χ0n) is 11.3. The minimum absolute atomic E-state index is 0.409. The highest BCUT2D eigenvalue weighted by Gasteiger charge is 2.15. The standard InChI is InChI=1S/C14H19N3O/c1-8-5-9(2)13(14(18-4)10(8)3)11-7-16-12(6-15)17-11/h5,7H,6,15H2,1-4H3,(H,16,17). The summed E-state index contributed by atoms with van der Waals surface area (Å²) in [5.41, 5.74) is 11.1. The molecule has 1 heterocycles. The van der Waals surface area contributed by atoms with Crippen LogP contribution < -0.4 is 10.5 Å². The molecular formula is C14H19N3O. The summed E-state index contributed by atoms with van der Waals surface area (Å²) in [7, 11) is 1.70. The lowest BCUT2D eigenvalue weighted by Gasteiger charge is -2.15. The van der Waals surface area contributed by atoms with Crippen LogP contribution in [0.1, 0.15) is 22.5 Å². The van der Waals surface area contributed by atoms with Gasteiger partial charge in [0.15, 0.2) is 0 Å². The molecule has 0 bridgehead atoms. The molecule has 2 rings (SSSR count).